The maximum absolute atomic E-state index is 14.9. The van der Waals surface area contributed by atoms with Crippen LogP contribution in [0, 0.1) is 0 Å². The van der Waals surface area contributed by atoms with Crippen LogP contribution >= 0.6 is 23.4 Å². The summed E-state index contributed by atoms with van der Waals surface area (Å²) in [7, 11) is 14.9. The Morgan fingerprint density at radius 3 is 2.17 bits per heavy atom. The normalized spacial score (nSPS) is 12.8. The lowest BCUT2D eigenvalue weighted by Gasteiger charge is -2.49. The van der Waals surface area contributed by atoms with Gasteiger partial charge in [0.15, 0.2) is 0 Å². The molecule has 2 aromatic rings. The molecule has 0 amide bonds. The standard InChI is InChI=1S/C18H28B6ClFN2OS/c1-28(2)9-10-7-12(29-18(23,24)16(19,20)17(21,22)26)4-6-14(10)30-15-5-3-11(25)8-13(15)27/h3-8H,9,19-24,27H2,1-2H3. The van der Waals surface area contributed by atoms with E-state index in [0.29, 0.717) is 10.7 Å². The van der Waals surface area contributed by atoms with Crippen molar-refractivity contribution in [3.8, 4) is 5.75 Å². The molecule has 0 fully saturated rings. The van der Waals surface area contributed by atoms with Crippen molar-refractivity contribution >= 4 is 76.1 Å². The van der Waals surface area contributed by atoms with Crippen LogP contribution in [0.1, 0.15) is 5.56 Å². The molecule has 0 unspecified atom stereocenters. The van der Waals surface area contributed by atoms with Crippen molar-refractivity contribution in [3.63, 3.8) is 0 Å². The van der Waals surface area contributed by atoms with Gasteiger partial charge in [0, 0.05) is 37.9 Å². The smallest absolute Gasteiger partial charge is 0.145 e. The third-order valence-electron chi connectivity index (χ3n) is 6.07. The van der Waals surface area contributed by atoms with Gasteiger partial charge in [0.05, 0.1) is 0 Å². The number of nitrogen functional groups attached to an aromatic ring is 1. The molecule has 0 saturated carbocycles. The van der Waals surface area contributed by atoms with Crippen LogP contribution in [0.4, 0.5) is 10.1 Å². The van der Waals surface area contributed by atoms with Gasteiger partial charge in [-0.05, 0) is 61.3 Å². The number of nitrogens with two attached hydrogens (primary N) is 1. The average molecular weight is 440 g/mol. The minimum absolute atomic E-state index is 0.620. The second-order valence-corrected chi connectivity index (χ2v) is 11.0. The maximum Gasteiger partial charge on any atom is 0.145 e. The summed E-state index contributed by atoms with van der Waals surface area (Å²) in [4.78, 5) is 4.15. The van der Waals surface area contributed by atoms with E-state index in [-0.39, 0.29) is 0 Å². The predicted molar refractivity (Wildman–Crippen MR) is 145 cm³/mol. The minimum atomic E-state index is -1.40. The molecule has 12 heteroatoms. The molecule has 0 saturated heterocycles. The summed E-state index contributed by atoms with van der Waals surface area (Å²) in [6, 6.07) is 11.6. The third-order valence-corrected chi connectivity index (χ3v) is 7.52. The zero-order valence-electron chi connectivity index (χ0n) is 19.3. The molecular weight excluding hydrogens is 412 g/mol. The van der Waals surface area contributed by atoms with Gasteiger partial charge in [0.2, 0.25) is 0 Å². The van der Waals surface area contributed by atoms with Crippen LogP contribution < -0.4 is 10.5 Å². The molecule has 2 rings (SSSR count). The molecule has 0 bridgehead atoms. The summed E-state index contributed by atoms with van der Waals surface area (Å²) in [6.45, 7) is 0.742. The summed E-state index contributed by atoms with van der Waals surface area (Å²) in [6.07, 6.45) is 0. The Kier molecular flexibility index (Phi) is 7.75. The number of rotatable bonds is 8. The second-order valence-electron chi connectivity index (χ2n) is 9.50. The van der Waals surface area contributed by atoms with Crippen molar-refractivity contribution in [1.29, 1.82) is 0 Å². The Morgan fingerprint density at radius 2 is 1.63 bits per heavy atom. The highest BCUT2D eigenvalue weighted by molar-refractivity contribution is 7.99. The second kappa shape index (κ2) is 9.22. The quantitative estimate of drug-likeness (QED) is 0.410. The van der Waals surface area contributed by atoms with E-state index < -0.39 is 16.1 Å². The first kappa shape index (κ1) is 25.2. The molecule has 0 aliphatic rings. The van der Waals surface area contributed by atoms with E-state index in [0.717, 1.165) is 27.6 Å². The maximum atomic E-state index is 14.9. The zero-order chi connectivity index (χ0) is 22.9. The fourth-order valence-corrected chi connectivity index (χ4v) is 4.17. The number of hydrogen-bond donors (Lipinski definition) is 1. The van der Waals surface area contributed by atoms with Gasteiger partial charge in [0.25, 0.3) is 0 Å². The molecule has 0 aliphatic heterocycles. The molecule has 2 N–H and O–H groups in total. The highest BCUT2D eigenvalue weighted by Crippen LogP contribution is 2.42. The molecule has 0 spiro atoms. The first-order chi connectivity index (χ1) is 13.6. The van der Waals surface area contributed by atoms with Gasteiger partial charge in [-0.1, -0.05) is 23.4 Å². The van der Waals surface area contributed by atoms with E-state index in [9.17, 15) is 4.39 Å². The highest BCUT2D eigenvalue weighted by atomic mass is 35.5. The molecule has 2 aromatic carbocycles. The summed E-state index contributed by atoms with van der Waals surface area (Å²) >= 11 is 7.63. The van der Waals surface area contributed by atoms with Gasteiger partial charge in [0.1, 0.15) is 52.8 Å². The largest absolute Gasteiger partial charge is 0.506 e. The van der Waals surface area contributed by atoms with Crippen LogP contribution in [0.2, 0.25) is 10.2 Å². The fourth-order valence-electron chi connectivity index (χ4n) is 3.05. The third kappa shape index (κ3) is 5.80. The monoisotopic (exact) mass is 440 g/mol. The van der Waals surface area contributed by atoms with Crippen molar-refractivity contribution in [2.75, 3.05) is 19.8 Å². The number of anilines is 1. The molecule has 0 heterocycles. The fraction of sp³-hybridized carbons (Fsp3) is 0.333. The zero-order valence-corrected chi connectivity index (χ0v) is 20.8. The number of alkyl halides is 1. The minimum Gasteiger partial charge on any atom is -0.506 e. The van der Waals surface area contributed by atoms with Gasteiger partial charge < -0.3 is 15.4 Å². The molecule has 0 aliphatic carbocycles. The summed E-state index contributed by atoms with van der Waals surface area (Å²) in [5, 5.41) is -0.794. The number of ether oxygens (including phenoxy) is 1. The van der Waals surface area contributed by atoms with Crippen molar-refractivity contribution < 1.29 is 9.13 Å². The SMILES string of the molecule is BC(B)(F)C(B)(B)C(B)(B)Oc1ccc(Sc2ccc(Cl)cc2N)c(CN(C)C)c1. The lowest BCUT2D eigenvalue weighted by atomic mass is 9.25. The average Bonchev–Trinajstić information content (AvgIpc) is 2.57. The van der Waals surface area contributed by atoms with E-state index >= 15 is 0 Å². The van der Waals surface area contributed by atoms with Gasteiger partial charge in [-0.3, -0.25) is 4.39 Å². The Labute approximate surface area is 194 Å². The Hall–Kier alpha value is -1.04. The molecular formula is C18H28B6ClFN2OS. The highest BCUT2D eigenvalue weighted by Gasteiger charge is 2.48. The lowest BCUT2D eigenvalue weighted by Crippen LogP contribution is -2.60. The predicted octanol–water partition coefficient (Wildman–Crippen LogP) is -1.29. The van der Waals surface area contributed by atoms with Crippen LogP contribution in [0.15, 0.2) is 46.2 Å². The molecule has 154 valence electrons. The molecule has 3 nitrogen and oxygen atoms in total. The molecule has 30 heavy (non-hydrogen) atoms. The first-order valence-electron chi connectivity index (χ1n) is 10.0. The molecule has 0 atom stereocenters. The number of nitrogens with zero attached hydrogens (tertiary/aromatic N) is 1. The molecule has 0 aromatic heterocycles. The Morgan fingerprint density at radius 1 is 1.03 bits per heavy atom. The lowest BCUT2D eigenvalue weighted by molar-refractivity contribution is 0.171. The summed E-state index contributed by atoms with van der Waals surface area (Å²) in [5.41, 5.74) is 6.51. The van der Waals surface area contributed by atoms with Crippen molar-refractivity contribution in [3.05, 3.63) is 47.0 Å². The van der Waals surface area contributed by atoms with Crippen molar-refractivity contribution in [2.24, 2.45) is 0 Å². The van der Waals surface area contributed by atoms with Crippen LogP contribution in [0.3, 0.4) is 0 Å². The number of halogens is 2. The van der Waals surface area contributed by atoms with Crippen LogP contribution in [0.25, 0.3) is 0 Å². The first-order valence-corrected chi connectivity index (χ1v) is 11.2. The van der Waals surface area contributed by atoms with Gasteiger partial charge in [-0.25, -0.2) is 0 Å². The number of hydrogen-bond acceptors (Lipinski definition) is 4. The summed E-state index contributed by atoms with van der Waals surface area (Å²) in [5.74, 6) is 0.725. The van der Waals surface area contributed by atoms with Gasteiger partial charge >= 0.3 is 0 Å². The van der Waals surface area contributed by atoms with E-state index in [2.05, 4.69) is 4.90 Å². The number of benzene rings is 2. The van der Waals surface area contributed by atoms with Crippen LogP contribution in [0.5, 0.6) is 5.75 Å². The van der Waals surface area contributed by atoms with E-state index in [4.69, 9.17) is 22.1 Å². The van der Waals surface area contributed by atoms with Crippen molar-refractivity contribution in [2.45, 2.75) is 32.4 Å². The summed E-state index contributed by atoms with van der Waals surface area (Å²) < 4.78 is 21.2. The van der Waals surface area contributed by atoms with E-state index in [1.54, 1.807) is 33.5 Å². The Balaban J connectivity index is 2.38. The van der Waals surface area contributed by atoms with E-state index in [1.165, 1.54) is 0 Å². The molecule has 0 radical (unpaired) electrons. The van der Waals surface area contributed by atoms with Crippen LogP contribution in [-0.4, -0.2) is 76.9 Å². The topological polar surface area (TPSA) is 38.5 Å². The van der Waals surface area contributed by atoms with Crippen LogP contribution in [-0.2, 0) is 6.54 Å². The van der Waals surface area contributed by atoms with Crippen molar-refractivity contribution in [1.82, 2.24) is 4.90 Å². The van der Waals surface area contributed by atoms with Gasteiger partial charge in [-0.2, -0.15) is 0 Å². The van der Waals surface area contributed by atoms with E-state index in [1.807, 2.05) is 75.8 Å². The van der Waals surface area contributed by atoms with Gasteiger partial charge in [-0.15, -0.1) is 0 Å². The Bertz CT molecular complexity index is 911.